The van der Waals surface area contributed by atoms with Gasteiger partial charge in [0.05, 0.1) is 18.2 Å². The van der Waals surface area contributed by atoms with E-state index in [9.17, 15) is 4.79 Å². The first-order chi connectivity index (χ1) is 13.4. The van der Waals surface area contributed by atoms with Crippen molar-refractivity contribution in [2.45, 2.75) is 32.8 Å². The number of hydroxylamine groups is 2. The van der Waals surface area contributed by atoms with Crippen LogP contribution in [0.15, 0.2) is 30.3 Å². The maximum atomic E-state index is 12.9. The molecule has 0 saturated heterocycles. The molecular weight excluding hydrogens is 354 g/mol. The molecule has 0 bridgehead atoms. The van der Waals surface area contributed by atoms with E-state index >= 15 is 0 Å². The Labute approximate surface area is 164 Å². The van der Waals surface area contributed by atoms with E-state index in [2.05, 4.69) is 19.1 Å². The van der Waals surface area contributed by atoms with E-state index in [1.54, 1.807) is 7.05 Å². The van der Waals surface area contributed by atoms with Crippen LogP contribution < -0.4 is 4.74 Å². The van der Waals surface area contributed by atoms with Crippen LogP contribution in [-0.2, 0) is 18.3 Å². The summed E-state index contributed by atoms with van der Waals surface area (Å²) >= 11 is 0. The fourth-order valence-corrected chi connectivity index (χ4v) is 3.91. The van der Waals surface area contributed by atoms with E-state index < -0.39 is 0 Å². The van der Waals surface area contributed by atoms with Crippen molar-refractivity contribution < 1.29 is 14.4 Å². The van der Waals surface area contributed by atoms with Crippen LogP contribution in [0, 0.1) is 13.8 Å². The van der Waals surface area contributed by atoms with Crippen LogP contribution in [-0.4, -0.2) is 34.7 Å². The van der Waals surface area contributed by atoms with Crippen LogP contribution in [0.5, 0.6) is 5.75 Å². The van der Waals surface area contributed by atoms with Crippen molar-refractivity contribution in [3.05, 3.63) is 58.4 Å². The molecule has 1 aromatic heterocycles. The Kier molecular flexibility index (Phi) is 4.59. The number of hydrogen-bond acceptors (Lipinski definition) is 4. The molecule has 0 fully saturated rings. The van der Waals surface area contributed by atoms with Crippen molar-refractivity contribution in [3.8, 4) is 5.75 Å². The number of hydrogen-bond donors (Lipinski definition) is 0. The summed E-state index contributed by atoms with van der Waals surface area (Å²) in [6, 6.07) is 10.2. The smallest absolute Gasteiger partial charge is 0.277 e. The zero-order valence-electron chi connectivity index (χ0n) is 16.9. The molecule has 1 amide bonds. The van der Waals surface area contributed by atoms with Crippen molar-refractivity contribution in [2.75, 3.05) is 14.2 Å². The predicted octanol–water partition coefficient (Wildman–Crippen LogP) is 3.89. The average Bonchev–Trinajstić information content (AvgIpc) is 3.00. The van der Waals surface area contributed by atoms with Crippen LogP contribution >= 0.6 is 0 Å². The molecule has 6 heteroatoms. The van der Waals surface area contributed by atoms with E-state index in [0.29, 0.717) is 11.3 Å². The molecule has 1 aliphatic rings. The molecule has 146 valence electrons. The summed E-state index contributed by atoms with van der Waals surface area (Å²) in [7, 11) is 5.06. The van der Waals surface area contributed by atoms with Crippen molar-refractivity contribution in [1.82, 2.24) is 14.6 Å². The molecule has 0 radical (unpaired) electrons. The number of fused-ring (bicyclic) bond motifs is 3. The number of imidazole rings is 1. The molecule has 0 spiro atoms. The second-order valence-corrected chi connectivity index (χ2v) is 7.30. The molecule has 6 nitrogen and oxygen atoms in total. The second-order valence-electron chi connectivity index (χ2n) is 7.30. The fourth-order valence-electron chi connectivity index (χ4n) is 3.91. The molecule has 0 N–H and O–H groups in total. The molecule has 1 aliphatic heterocycles. The van der Waals surface area contributed by atoms with Gasteiger partial charge >= 0.3 is 0 Å². The Bertz CT molecular complexity index is 1070. The molecular formula is C22H25N3O3. The van der Waals surface area contributed by atoms with E-state index in [4.69, 9.17) is 14.6 Å². The topological polar surface area (TPSA) is 56.6 Å². The number of rotatable bonds is 3. The van der Waals surface area contributed by atoms with Crippen LogP contribution in [0.2, 0.25) is 0 Å². The molecule has 4 rings (SSSR count). The van der Waals surface area contributed by atoms with Gasteiger partial charge < -0.3 is 9.30 Å². The van der Waals surface area contributed by atoms with E-state index in [1.807, 2.05) is 36.7 Å². The highest BCUT2D eigenvalue weighted by Crippen LogP contribution is 2.42. The van der Waals surface area contributed by atoms with E-state index in [-0.39, 0.29) is 12.0 Å². The molecule has 3 aromatic rings. The van der Waals surface area contributed by atoms with Gasteiger partial charge in [0.1, 0.15) is 17.4 Å². The van der Waals surface area contributed by atoms with Crippen LogP contribution in [0.25, 0.3) is 11.0 Å². The lowest BCUT2D eigenvalue weighted by Gasteiger charge is -2.29. The zero-order valence-corrected chi connectivity index (χ0v) is 16.9. The Morgan fingerprint density at radius 2 is 2.07 bits per heavy atom. The molecule has 0 aliphatic carbocycles. The Balaban J connectivity index is 1.89. The molecule has 2 aromatic carbocycles. The minimum absolute atomic E-state index is 0.0512. The van der Waals surface area contributed by atoms with E-state index in [0.717, 1.165) is 35.3 Å². The first-order valence-corrected chi connectivity index (χ1v) is 9.45. The third-order valence-corrected chi connectivity index (χ3v) is 5.70. The first-order valence-electron chi connectivity index (χ1n) is 9.45. The Hall–Kier alpha value is -2.86. The molecule has 0 saturated carbocycles. The van der Waals surface area contributed by atoms with Gasteiger partial charge in [-0.3, -0.25) is 9.63 Å². The maximum absolute atomic E-state index is 12.9. The number of ether oxygens (including phenoxy) is 1. The molecule has 2 heterocycles. The number of nitrogens with zero attached hydrogens (tertiary/aromatic N) is 3. The fraction of sp³-hybridized carbons (Fsp3) is 0.364. The van der Waals surface area contributed by atoms with E-state index in [1.165, 1.54) is 23.3 Å². The Morgan fingerprint density at radius 1 is 1.32 bits per heavy atom. The largest absolute Gasteiger partial charge is 0.483 e. The summed E-state index contributed by atoms with van der Waals surface area (Å²) in [4.78, 5) is 22.8. The molecule has 28 heavy (non-hydrogen) atoms. The van der Waals surface area contributed by atoms with Gasteiger partial charge in [-0.25, -0.2) is 10.0 Å². The lowest BCUT2D eigenvalue weighted by atomic mass is 9.91. The minimum Gasteiger partial charge on any atom is -0.483 e. The number of aryl methyl sites for hydroxylation is 3. The van der Waals surface area contributed by atoms with Gasteiger partial charge in [0.15, 0.2) is 5.75 Å². The van der Waals surface area contributed by atoms with Gasteiger partial charge in [-0.15, -0.1) is 0 Å². The van der Waals surface area contributed by atoms with Crippen molar-refractivity contribution in [2.24, 2.45) is 7.05 Å². The second kappa shape index (κ2) is 6.95. The normalized spacial score (nSPS) is 16.0. The number of carbonyl (C=O) groups excluding carboxylic acids is 1. The summed E-state index contributed by atoms with van der Waals surface area (Å²) in [6.45, 7) is 4.05. The first kappa shape index (κ1) is 18.5. The number of amides is 1. The van der Waals surface area contributed by atoms with Gasteiger partial charge in [-0.1, -0.05) is 24.3 Å². The SMILES string of the molecule is CON(C)C(=O)c1cc2c(nc(C)n2C)c2c1CC[C@@H](c1ccccc1C)O2. The third kappa shape index (κ3) is 2.85. The highest BCUT2D eigenvalue weighted by atomic mass is 16.7. The summed E-state index contributed by atoms with van der Waals surface area (Å²) in [5.41, 5.74) is 5.59. The van der Waals surface area contributed by atoms with Gasteiger partial charge in [0.25, 0.3) is 5.91 Å². The minimum atomic E-state index is -0.183. The number of aromatic nitrogens is 2. The molecule has 0 unspecified atom stereocenters. The quantitative estimate of drug-likeness (QED) is 0.648. The highest BCUT2D eigenvalue weighted by Gasteiger charge is 2.31. The predicted molar refractivity (Wildman–Crippen MR) is 107 cm³/mol. The lowest BCUT2D eigenvalue weighted by Crippen LogP contribution is -2.28. The van der Waals surface area contributed by atoms with Gasteiger partial charge in [0.2, 0.25) is 0 Å². The van der Waals surface area contributed by atoms with Gasteiger partial charge in [-0.05, 0) is 43.9 Å². The van der Waals surface area contributed by atoms with Gasteiger partial charge in [0, 0.05) is 19.7 Å². The van der Waals surface area contributed by atoms with Crippen molar-refractivity contribution in [3.63, 3.8) is 0 Å². The number of carbonyl (C=O) groups is 1. The highest BCUT2D eigenvalue weighted by molar-refractivity contribution is 6.01. The summed E-state index contributed by atoms with van der Waals surface area (Å²) < 4.78 is 8.48. The number of benzene rings is 2. The summed E-state index contributed by atoms with van der Waals surface area (Å²) in [5, 5.41) is 1.25. The Morgan fingerprint density at radius 3 is 2.79 bits per heavy atom. The average molecular weight is 379 g/mol. The van der Waals surface area contributed by atoms with Crippen LogP contribution in [0.3, 0.4) is 0 Å². The summed E-state index contributed by atoms with van der Waals surface area (Å²) in [6.07, 6.45) is 1.51. The van der Waals surface area contributed by atoms with Crippen molar-refractivity contribution in [1.29, 1.82) is 0 Å². The van der Waals surface area contributed by atoms with Crippen molar-refractivity contribution >= 4 is 16.9 Å². The lowest BCUT2D eigenvalue weighted by molar-refractivity contribution is -0.0758. The van der Waals surface area contributed by atoms with Crippen LogP contribution in [0.4, 0.5) is 0 Å². The van der Waals surface area contributed by atoms with Gasteiger partial charge in [-0.2, -0.15) is 0 Å². The zero-order chi connectivity index (χ0) is 20.0. The standard InChI is InChI=1S/C22H25N3O3/c1-13-8-6-7-9-15(13)19-11-10-16-17(22(26)25(4)27-5)12-18-20(21(16)28-19)23-14(2)24(18)3/h6-9,12,19H,10-11H2,1-5H3/t19-/m0/s1. The summed E-state index contributed by atoms with van der Waals surface area (Å²) in [5.74, 6) is 1.41. The molecule has 1 atom stereocenters. The monoisotopic (exact) mass is 379 g/mol. The van der Waals surface area contributed by atoms with Crippen LogP contribution in [0.1, 0.15) is 45.4 Å². The maximum Gasteiger partial charge on any atom is 0.277 e. The third-order valence-electron chi connectivity index (χ3n) is 5.70.